The molecule has 0 radical (unpaired) electrons. The molecular formula is C21H15BrN2O4. The summed E-state index contributed by atoms with van der Waals surface area (Å²) in [7, 11) is 1.54. The van der Waals surface area contributed by atoms with Gasteiger partial charge in [0.2, 0.25) is 0 Å². The van der Waals surface area contributed by atoms with Crippen LogP contribution < -0.4 is 20.1 Å². The minimum Gasteiger partial charge on any atom is -0.497 e. The Hall–Kier alpha value is -3.32. The van der Waals surface area contributed by atoms with Gasteiger partial charge < -0.3 is 20.1 Å². The molecule has 0 spiro atoms. The Bertz CT molecular complexity index is 1100. The summed E-state index contributed by atoms with van der Waals surface area (Å²) in [5.41, 5.74) is 1.82. The molecule has 140 valence electrons. The third-order valence-corrected chi connectivity index (χ3v) is 4.95. The third-order valence-electron chi connectivity index (χ3n) is 4.26. The van der Waals surface area contributed by atoms with Crippen LogP contribution in [0.3, 0.4) is 0 Å². The summed E-state index contributed by atoms with van der Waals surface area (Å²) < 4.78 is 11.7. The molecule has 4 rings (SSSR count). The predicted octanol–water partition coefficient (Wildman–Crippen LogP) is 5.07. The highest BCUT2D eigenvalue weighted by Gasteiger charge is 2.21. The summed E-state index contributed by atoms with van der Waals surface area (Å²) >= 11 is 3.37. The zero-order chi connectivity index (χ0) is 19.7. The minimum absolute atomic E-state index is 0.307. The first-order valence-corrected chi connectivity index (χ1v) is 9.21. The zero-order valence-electron chi connectivity index (χ0n) is 14.8. The molecule has 0 bridgehead atoms. The van der Waals surface area contributed by atoms with Crippen LogP contribution in [-0.2, 0) is 0 Å². The average molecular weight is 439 g/mol. The van der Waals surface area contributed by atoms with Crippen molar-refractivity contribution < 1.29 is 19.1 Å². The van der Waals surface area contributed by atoms with Gasteiger partial charge in [0, 0.05) is 10.2 Å². The van der Waals surface area contributed by atoms with Crippen LogP contribution in [0.15, 0.2) is 65.1 Å². The van der Waals surface area contributed by atoms with Gasteiger partial charge in [-0.3, -0.25) is 9.59 Å². The Morgan fingerprint density at radius 1 is 1.07 bits per heavy atom. The Balaban J connectivity index is 1.62. The highest BCUT2D eigenvalue weighted by atomic mass is 79.9. The van der Waals surface area contributed by atoms with Gasteiger partial charge in [-0.15, -0.1) is 0 Å². The first-order valence-electron chi connectivity index (χ1n) is 8.42. The van der Waals surface area contributed by atoms with Crippen molar-refractivity contribution in [1.82, 2.24) is 0 Å². The van der Waals surface area contributed by atoms with Crippen molar-refractivity contribution in [3.05, 3.63) is 76.3 Å². The molecule has 0 saturated heterocycles. The maximum atomic E-state index is 12.7. The van der Waals surface area contributed by atoms with Crippen molar-refractivity contribution in [2.75, 3.05) is 17.7 Å². The van der Waals surface area contributed by atoms with Crippen molar-refractivity contribution in [2.45, 2.75) is 0 Å². The van der Waals surface area contributed by atoms with Gasteiger partial charge in [-0.25, -0.2) is 0 Å². The van der Waals surface area contributed by atoms with E-state index in [0.29, 0.717) is 44.2 Å². The van der Waals surface area contributed by atoms with Crippen LogP contribution in [0.5, 0.6) is 17.2 Å². The number of nitrogens with one attached hydrogen (secondary N) is 2. The number of halogens is 1. The maximum Gasteiger partial charge on any atom is 0.259 e. The van der Waals surface area contributed by atoms with Gasteiger partial charge in [0.1, 0.15) is 11.5 Å². The van der Waals surface area contributed by atoms with Gasteiger partial charge in [0.15, 0.2) is 5.75 Å². The van der Waals surface area contributed by atoms with Gasteiger partial charge in [-0.1, -0.05) is 12.1 Å². The number of anilines is 2. The van der Waals surface area contributed by atoms with E-state index in [-0.39, 0.29) is 11.8 Å². The molecule has 0 atom stereocenters. The van der Waals surface area contributed by atoms with Gasteiger partial charge in [0.25, 0.3) is 11.8 Å². The van der Waals surface area contributed by atoms with E-state index >= 15 is 0 Å². The van der Waals surface area contributed by atoms with Gasteiger partial charge in [-0.2, -0.15) is 0 Å². The van der Waals surface area contributed by atoms with Gasteiger partial charge in [-0.05, 0) is 64.5 Å². The van der Waals surface area contributed by atoms with E-state index < -0.39 is 0 Å². The SMILES string of the molecule is COc1ccc(Br)c(C(=O)Nc2ccc3c(c2)C(=O)Nc2ccccc2O3)c1. The standard InChI is InChI=1S/C21H15BrN2O4/c1-27-13-7-8-16(22)14(11-13)20(25)23-12-6-9-18-15(10-12)21(26)24-17-4-2-3-5-19(17)28-18/h2-11H,1H3,(H,23,25)(H,24,26). The molecule has 3 aromatic carbocycles. The molecule has 1 aliphatic rings. The van der Waals surface area contributed by atoms with E-state index in [2.05, 4.69) is 26.6 Å². The molecule has 0 aromatic heterocycles. The third kappa shape index (κ3) is 3.44. The fourth-order valence-corrected chi connectivity index (χ4v) is 3.27. The molecule has 0 aliphatic carbocycles. The lowest BCUT2D eigenvalue weighted by Crippen LogP contribution is -2.14. The number of methoxy groups -OCH3 is 1. The van der Waals surface area contributed by atoms with Crippen LogP contribution in [0.1, 0.15) is 20.7 Å². The number of fused-ring (bicyclic) bond motifs is 2. The monoisotopic (exact) mass is 438 g/mol. The maximum absolute atomic E-state index is 12.7. The highest BCUT2D eigenvalue weighted by Crippen LogP contribution is 2.36. The number of amides is 2. The highest BCUT2D eigenvalue weighted by molar-refractivity contribution is 9.10. The Morgan fingerprint density at radius 2 is 1.89 bits per heavy atom. The van der Waals surface area contributed by atoms with E-state index in [1.165, 1.54) is 7.11 Å². The largest absolute Gasteiger partial charge is 0.497 e. The second-order valence-electron chi connectivity index (χ2n) is 6.06. The smallest absolute Gasteiger partial charge is 0.259 e. The molecule has 0 unspecified atom stereocenters. The molecule has 3 aromatic rings. The number of rotatable bonds is 3. The summed E-state index contributed by atoms with van der Waals surface area (Å²) in [6, 6.07) is 17.2. The number of benzene rings is 3. The normalized spacial score (nSPS) is 12.0. The number of hydrogen-bond acceptors (Lipinski definition) is 4. The molecular weight excluding hydrogens is 424 g/mol. The molecule has 1 aliphatic heterocycles. The average Bonchev–Trinajstić information content (AvgIpc) is 2.84. The Morgan fingerprint density at radius 3 is 2.71 bits per heavy atom. The summed E-state index contributed by atoms with van der Waals surface area (Å²) in [4.78, 5) is 25.3. The van der Waals surface area contributed by atoms with Crippen molar-refractivity contribution >= 4 is 39.1 Å². The van der Waals surface area contributed by atoms with Gasteiger partial charge >= 0.3 is 0 Å². The summed E-state index contributed by atoms with van der Waals surface area (Å²) in [6.07, 6.45) is 0. The number of hydrogen-bond donors (Lipinski definition) is 2. The molecule has 0 saturated carbocycles. The van der Waals surface area contributed by atoms with Crippen molar-refractivity contribution in [1.29, 1.82) is 0 Å². The number of carbonyl (C=O) groups is 2. The fraction of sp³-hybridized carbons (Fsp3) is 0.0476. The van der Waals surface area contributed by atoms with Crippen LogP contribution in [0, 0.1) is 0 Å². The predicted molar refractivity (Wildman–Crippen MR) is 110 cm³/mol. The number of ether oxygens (including phenoxy) is 2. The fourth-order valence-electron chi connectivity index (χ4n) is 2.84. The lowest BCUT2D eigenvalue weighted by molar-refractivity contribution is 0.101. The van der Waals surface area contributed by atoms with Crippen LogP contribution in [0.2, 0.25) is 0 Å². The first-order chi connectivity index (χ1) is 13.5. The molecule has 1 heterocycles. The van der Waals surface area contributed by atoms with Crippen LogP contribution in [0.4, 0.5) is 11.4 Å². The van der Waals surface area contributed by atoms with Crippen molar-refractivity contribution in [3.63, 3.8) is 0 Å². The van der Waals surface area contributed by atoms with E-state index in [9.17, 15) is 9.59 Å². The summed E-state index contributed by atoms with van der Waals surface area (Å²) in [5.74, 6) is 0.915. The second kappa shape index (κ2) is 7.36. The van der Waals surface area contributed by atoms with Crippen LogP contribution in [-0.4, -0.2) is 18.9 Å². The van der Waals surface area contributed by atoms with E-state index in [4.69, 9.17) is 9.47 Å². The molecule has 0 fully saturated rings. The number of para-hydroxylation sites is 2. The second-order valence-corrected chi connectivity index (χ2v) is 6.92. The lowest BCUT2D eigenvalue weighted by Gasteiger charge is -2.11. The first kappa shape index (κ1) is 18.1. The van der Waals surface area contributed by atoms with Crippen LogP contribution >= 0.6 is 15.9 Å². The minimum atomic E-state index is -0.330. The summed E-state index contributed by atoms with van der Waals surface area (Å²) in [6.45, 7) is 0. The molecule has 6 nitrogen and oxygen atoms in total. The molecule has 2 amide bonds. The quantitative estimate of drug-likeness (QED) is 0.598. The van der Waals surface area contributed by atoms with E-state index in [0.717, 1.165) is 0 Å². The van der Waals surface area contributed by atoms with E-state index in [1.54, 1.807) is 48.5 Å². The van der Waals surface area contributed by atoms with E-state index in [1.807, 2.05) is 12.1 Å². The zero-order valence-corrected chi connectivity index (χ0v) is 16.4. The number of carbonyl (C=O) groups excluding carboxylic acids is 2. The topological polar surface area (TPSA) is 76.7 Å². The molecule has 28 heavy (non-hydrogen) atoms. The lowest BCUT2D eigenvalue weighted by atomic mass is 10.1. The van der Waals surface area contributed by atoms with Crippen LogP contribution in [0.25, 0.3) is 0 Å². The Kier molecular flexibility index (Phi) is 4.75. The van der Waals surface area contributed by atoms with Crippen molar-refractivity contribution in [3.8, 4) is 17.2 Å². The molecule has 2 N–H and O–H groups in total. The Labute approximate surface area is 169 Å². The summed E-state index contributed by atoms with van der Waals surface area (Å²) in [5, 5.41) is 5.62. The van der Waals surface area contributed by atoms with Crippen molar-refractivity contribution in [2.24, 2.45) is 0 Å². The van der Waals surface area contributed by atoms with Gasteiger partial charge in [0.05, 0.1) is 23.9 Å². The molecule has 7 heteroatoms.